The number of nitrogens with two attached hydrogens (primary N) is 1. The summed E-state index contributed by atoms with van der Waals surface area (Å²) in [7, 11) is 0. The first kappa shape index (κ1) is 15.9. The van der Waals surface area contributed by atoms with Crippen LogP contribution in [0.3, 0.4) is 0 Å². The number of pyridine rings is 1. The average Bonchev–Trinajstić information content (AvgIpc) is 2.42. The van der Waals surface area contributed by atoms with E-state index >= 15 is 0 Å². The third-order valence-electron chi connectivity index (χ3n) is 4.38. The normalized spacial score (nSPS) is 25.9. The Morgan fingerprint density at radius 2 is 2.10 bits per heavy atom. The Labute approximate surface area is 128 Å². The van der Waals surface area contributed by atoms with Crippen LogP contribution in [0.1, 0.15) is 47.0 Å². The summed E-state index contributed by atoms with van der Waals surface area (Å²) in [4.78, 5) is 4.41. The van der Waals surface area contributed by atoms with Gasteiger partial charge in [-0.1, -0.05) is 27.2 Å². The summed E-state index contributed by atoms with van der Waals surface area (Å²) in [6, 6.07) is 3.65. The minimum absolute atomic E-state index is 0.236. The number of nitrogens with zero attached hydrogens (tertiary/aromatic N) is 1. The lowest BCUT2D eigenvalue weighted by molar-refractivity contribution is 0.0422. The van der Waals surface area contributed by atoms with Gasteiger partial charge in [-0.2, -0.15) is 4.98 Å². The zero-order chi connectivity index (χ0) is 15.4. The van der Waals surface area contributed by atoms with Gasteiger partial charge in [-0.15, -0.1) is 0 Å². The molecule has 4 nitrogen and oxygen atoms in total. The fourth-order valence-electron chi connectivity index (χ4n) is 3.16. The van der Waals surface area contributed by atoms with E-state index in [1.165, 1.54) is 12.8 Å². The monoisotopic (exact) mass is 292 g/mol. The highest BCUT2D eigenvalue weighted by Gasteiger charge is 2.32. The van der Waals surface area contributed by atoms with Gasteiger partial charge in [0.25, 0.3) is 0 Å². The minimum Gasteiger partial charge on any atom is -0.476 e. The van der Waals surface area contributed by atoms with Gasteiger partial charge in [0.2, 0.25) is 11.8 Å². The predicted molar refractivity (Wildman–Crippen MR) is 85.6 cm³/mol. The van der Waals surface area contributed by atoms with Crippen LogP contribution in [-0.4, -0.2) is 17.7 Å². The molecule has 118 valence electrons. The van der Waals surface area contributed by atoms with Crippen molar-refractivity contribution in [2.24, 2.45) is 17.8 Å². The Bertz CT molecular complexity index is 462. The van der Waals surface area contributed by atoms with E-state index in [2.05, 4.69) is 25.8 Å². The van der Waals surface area contributed by atoms with Crippen molar-refractivity contribution < 1.29 is 9.47 Å². The van der Waals surface area contributed by atoms with Crippen LogP contribution in [0.5, 0.6) is 11.8 Å². The Kier molecular flexibility index (Phi) is 5.32. The van der Waals surface area contributed by atoms with Gasteiger partial charge in [-0.25, -0.2) is 0 Å². The van der Waals surface area contributed by atoms with Gasteiger partial charge in [0.05, 0.1) is 12.3 Å². The number of aromatic nitrogens is 1. The minimum atomic E-state index is 0.236. The zero-order valence-corrected chi connectivity index (χ0v) is 13.6. The van der Waals surface area contributed by atoms with Crippen LogP contribution < -0.4 is 15.2 Å². The van der Waals surface area contributed by atoms with Gasteiger partial charge in [0, 0.05) is 6.07 Å². The van der Waals surface area contributed by atoms with E-state index in [-0.39, 0.29) is 6.10 Å². The maximum absolute atomic E-state index is 6.19. The van der Waals surface area contributed by atoms with Crippen molar-refractivity contribution in [1.29, 1.82) is 0 Å². The molecule has 0 saturated heterocycles. The molecule has 3 atom stereocenters. The van der Waals surface area contributed by atoms with Crippen LogP contribution in [0.4, 0.5) is 5.69 Å². The second kappa shape index (κ2) is 7.01. The zero-order valence-electron chi connectivity index (χ0n) is 13.6. The summed E-state index contributed by atoms with van der Waals surface area (Å²) >= 11 is 0. The molecule has 1 aliphatic carbocycles. The largest absolute Gasteiger partial charge is 0.476 e. The van der Waals surface area contributed by atoms with Gasteiger partial charge in [0.1, 0.15) is 6.10 Å². The van der Waals surface area contributed by atoms with E-state index in [4.69, 9.17) is 15.2 Å². The molecule has 1 heterocycles. The Morgan fingerprint density at radius 3 is 2.76 bits per heavy atom. The fraction of sp³-hybridized carbons (Fsp3) is 0.706. The summed E-state index contributed by atoms with van der Waals surface area (Å²) in [5.74, 6) is 3.03. The maximum atomic E-state index is 6.19. The fourth-order valence-corrected chi connectivity index (χ4v) is 3.16. The molecule has 0 aliphatic heterocycles. The lowest BCUT2D eigenvalue weighted by Gasteiger charge is -2.37. The molecule has 1 saturated carbocycles. The number of nitrogen functional groups attached to an aromatic ring is 1. The summed E-state index contributed by atoms with van der Waals surface area (Å²) in [6.07, 6.45) is 3.86. The number of rotatable bonds is 5. The molecule has 1 aromatic heterocycles. The van der Waals surface area contributed by atoms with Crippen molar-refractivity contribution in [2.75, 3.05) is 12.3 Å². The number of hydrogen-bond acceptors (Lipinski definition) is 4. The predicted octanol–water partition coefficient (Wildman–Crippen LogP) is 3.90. The SMILES string of the molecule is CCOc1nc(OC2CC(C)CCC2C(C)C)ccc1N. The van der Waals surface area contributed by atoms with E-state index in [9.17, 15) is 0 Å². The highest BCUT2D eigenvalue weighted by Crippen LogP contribution is 2.36. The van der Waals surface area contributed by atoms with Gasteiger partial charge >= 0.3 is 0 Å². The molecule has 0 amide bonds. The number of anilines is 1. The van der Waals surface area contributed by atoms with E-state index in [0.29, 0.717) is 41.8 Å². The van der Waals surface area contributed by atoms with Gasteiger partial charge in [-0.05, 0) is 43.6 Å². The van der Waals surface area contributed by atoms with Gasteiger partial charge in [-0.3, -0.25) is 0 Å². The quantitative estimate of drug-likeness (QED) is 0.894. The second-order valence-corrected chi connectivity index (χ2v) is 6.46. The molecular formula is C17H28N2O2. The van der Waals surface area contributed by atoms with Gasteiger partial charge < -0.3 is 15.2 Å². The van der Waals surface area contributed by atoms with Crippen LogP contribution in [0.15, 0.2) is 12.1 Å². The summed E-state index contributed by atoms with van der Waals surface area (Å²) in [5.41, 5.74) is 6.42. The summed E-state index contributed by atoms with van der Waals surface area (Å²) in [5, 5.41) is 0. The van der Waals surface area contributed by atoms with E-state index in [1.807, 2.05) is 19.1 Å². The molecule has 21 heavy (non-hydrogen) atoms. The van der Waals surface area contributed by atoms with Crippen LogP contribution in [0, 0.1) is 17.8 Å². The van der Waals surface area contributed by atoms with Crippen LogP contribution >= 0.6 is 0 Å². The maximum Gasteiger partial charge on any atom is 0.240 e. The van der Waals surface area contributed by atoms with Crippen molar-refractivity contribution in [3.05, 3.63) is 12.1 Å². The first-order chi connectivity index (χ1) is 10.0. The molecule has 1 fully saturated rings. The summed E-state index contributed by atoms with van der Waals surface area (Å²) < 4.78 is 11.6. The first-order valence-corrected chi connectivity index (χ1v) is 8.07. The third-order valence-corrected chi connectivity index (χ3v) is 4.38. The van der Waals surface area contributed by atoms with Gasteiger partial charge in [0.15, 0.2) is 0 Å². The molecule has 0 bridgehead atoms. The smallest absolute Gasteiger partial charge is 0.240 e. The number of ether oxygens (including phenoxy) is 2. The van der Waals surface area contributed by atoms with Crippen molar-refractivity contribution in [1.82, 2.24) is 4.98 Å². The van der Waals surface area contributed by atoms with Crippen LogP contribution in [0.25, 0.3) is 0 Å². The topological polar surface area (TPSA) is 57.4 Å². The Morgan fingerprint density at radius 1 is 1.33 bits per heavy atom. The molecule has 0 aromatic carbocycles. The third kappa shape index (κ3) is 4.02. The highest BCUT2D eigenvalue weighted by molar-refractivity contribution is 5.49. The lowest BCUT2D eigenvalue weighted by atomic mass is 9.75. The molecule has 0 radical (unpaired) electrons. The molecule has 1 aromatic rings. The van der Waals surface area contributed by atoms with Crippen LogP contribution in [-0.2, 0) is 0 Å². The molecular weight excluding hydrogens is 264 g/mol. The highest BCUT2D eigenvalue weighted by atomic mass is 16.5. The van der Waals surface area contributed by atoms with Crippen LogP contribution in [0.2, 0.25) is 0 Å². The lowest BCUT2D eigenvalue weighted by Crippen LogP contribution is -2.36. The summed E-state index contributed by atoms with van der Waals surface area (Å²) in [6.45, 7) is 9.33. The van der Waals surface area contributed by atoms with Crippen molar-refractivity contribution in [3.63, 3.8) is 0 Å². The first-order valence-electron chi connectivity index (χ1n) is 8.07. The van der Waals surface area contributed by atoms with Crippen molar-refractivity contribution in [2.45, 2.75) is 53.1 Å². The molecule has 2 rings (SSSR count). The standard InChI is InChI=1S/C17H28N2O2/c1-5-20-17-14(18)8-9-16(19-17)21-15-10-12(4)6-7-13(15)11(2)3/h8-9,11-13,15H,5-7,10,18H2,1-4H3. The molecule has 1 aliphatic rings. The second-order valence-electron chi connectivity index (χ2n) is 6.46. The number of hydrogen-bond donors (Lipinski definition) is 1. The van der Waals surface area contributed by atoms with Crippen molar-refractivity contribution in [3.8, 4) is 11.8 Å². The van der Waals surface area contributed by atoms with E-state index < -0.39 is 0 Å². The molecule has 4 heteroatoms. The van der Waals surface area contributed by atoms with E-state index in [1.54, 1.807) is 0 Å². The van der Waals surface area contributed by atoms with E-state index in [0.717, 1.165) is 6.42 Å². The molecule has 2 N–H and O–H groups in total. The molecule has 3 unspecified atom stereocenters. The Balaban J connectivity index is 2.12. The van der Waals surface area contributed by atoms with Crippen molar-refractivity contribution >= 4 is 5.69 Å². The molecule has 0 spiro atoms. The Hall–Kier alpha value is -1.45. The average molecular weight is 292 g/mol.